The number of esters is 1. The zero-order valence-electron chi connectivity index (χ0n) is 15.3. The van der Waals surface area contributed by atoms with Crippen LogP contribution < -0.4 is 0 Å². The van der Waals surface area contributed by atoms with Crippen molar-refractivity contribution in [3.63, 3.8) is 0 Å². The van der Waals surface area contributed by atoms with E-state index in [1.54, 1.807) is 37.9 Å². The van der Waals surface area contributed by atoms with E-state index in [9.17, 15) is 4.79 Å². The van der Waals surface area contributed by atoms with Gasteiger partial charge in [0.15, 0.2) is 5.16 Å². The third-order valence-electron chi connectivity index (χ3n) is 4.02. The number of aromatic nitrogens is 2. The van der Waals surface area contributed by atoms with Crippen LogP contribution >= 0.6 is 27.7 Å². The van der Waals surface area contributed by atoms with Crippen LogP contribution in [0.25, 0.3) is 11.0 Å². The molecule has 0 N–H and O–H groups in total. The molecule has 0 bridgehead atoms. The maximum absolute atomic E-state index is 12.0. The molecule has 2 aromatic carbocycles. The van der Waals surface area contributed by atoms with Crippen LogP contribution in [-0.4, -0.2) is 35.8 Å². The third-order valence-corrected chi connectivity index (χ3v) is 5.60. The smallest absolute Gasteiger partial charge is 0.338 e. The molecular formula is C20H21BrN2O3S. The minimum absolute atomic E-state index is 0.324. The van der Waals surface area contributed by atoms with Crippen LogP contribution in [0.1, 0.15) is 22.8 Å². The molecule has 0 saturated carbocycles. The van der Waals surface area contributed by atoms with Gasteiger partial charge in [0.2, 0.25) is 0 Å². The maximum Gasteiger partial charge on any atom is 0.338 e. The SMILES string of the molecule is CCOC(=O)c1ccc2c(c1)nc(SCc1ccc(Br)cc1)n2CCOC. The van der Waals surface area contributed by atoms with Crippen LogP contribution in [0.5, 0.6) is 0 Å². The number of thioether (sulfide) groups is 1. The number of hydrogen-bond acceptors (Lipinski definition) is 5. The van der Waals surface area contributed by atoms with Gasteiger partial charge in [0.1, 0.15) is 0 Å². The van der Waals surface area contributed by atoms with E-state index in [1.807, 2.05) is 18.2 Å². The Balaban J connectivity index is 1.89. The van der Waals surface area contributed by atoms with Crippen LogP contribution in [0, 0.1) is 0 Å². The number of fused-ring (bicyclic) bond motifs is 1. The van der Waals surface area contributed by atoms with Crippen molar-refractivity contribution >= 4 is 44.7 Å². The molecule has 0 unspecified atom stereocenters. The minimum atomic E-state index is -0.324. The highest BCUT2D eigenvalue weighted by Gasteiger charge is 2.14. The van der Waals surface area contributed by atoms with Gasteiger partial charge >= 0.3 is 5.97 Å². The van der Waals surface area contributed by atoms with Gasteiger partial charge in [-0.2, -0.15) is 0 Å². The molecule has 5 nitrogen and oxygen atoms in total. The molecule has 0 fully saturated rings. The molecule has 0 spiro atoms. The Morgan fingerprint density at radius 3 is 2.70 bits per heavy atom. The van der Waals surface area contributed by atoms with E-state index in [2.05, 4.69) is 32.6 Å². The van der Waals surface area contributed by atoms with Crippen molar-refractivity contribution in [1.29, 1.82) is 0 Å². The Morgan fingerprint density at radius 2 is 2.00 bits per heavy atom. The van der Waals surface area contributed by atoms with Gasteiger partial charge in [0.25, 0.3) is 0 Å². The van der Waals surface area contributed by atoms with E-state index in [-0.39, 0.29) is 5.97 Å². The second-order valence-corrected chi connectivity index (χ2v) is 7.74. The second-order valence-electron chi connectivity index (χ2n) is 5.88. The first kappa shape index (κ1) is 19.9. The molecule has 0 saturated heterocycles. The highest BCUT2D eigenvalue weighted by molar-refractivity contribution is 9.10. The highest BCUT2D eigenvalue weighted by Crippen LogP contribution is 2.28. The summed E-state index contributed by atoms with van der Waals surface area (Å²) in [5, 5.41) is 0.908. The van der Waals surface area contributed by atoms with E-state index in [0.29, 0.717) is 25.3 Å². The Hall–Kier alpha value is -1.83. The largest absolute Gasteiger partial charge is 0.462 e. The molecule has 0 aliphatic carbocycles. The number of carbonyl (C=O) groups excluding carboxylic acids is 1. The van der Waals surface area contributed by atoms with Crippen molar-refractivity contribution in [3.05, 3.63) is 58.1 Å². The fourth-order valence-corrected chi connectivity index (χ4v) is 3.95. The normalized spacial score (nSPS) is 11.1. The van der Waals surface area contributed by atoms with Crippen molar-refractivity contribution in [2.24, 2.45) is 0 Å². The first-order chi connectivity index (χ1) is 13.1. The van der Waals surface area contributed by atoms with Gasteiger partial charge in [-0.1, -0.05) is 39.8 Å². The molecule has 1 heterocycles. The zero-order valence-corrected chi connectivity index (χ0v) is 17.7. The van der Waals surface area contributed by atoms with Crippen LogP contribution in [0.15, 0.2) is 52.1 Å². The van der Waals surface area contributed by atoms with E-state index in [1.165, 1.54) is 5.56 Å². The van der Waals surface area contributed by atoms with E-state index >= 15 is 0 Å². The summed E-state index contributed by atoms with van der Waals surface area (Å²) in [6.07, 6.45) is 0. The first-order valence-electron chi connectivity index (χ1n) is 8.66. The van der Waals surface area contributed by atoms with Gasteiger partial charge in [-0.15, -0.1) is 0 Å². The Bertz CT molecular complexity index is 925. The number of rotatable bonds is 8. The summed E-state index contributed by atoms with van der Waals surface area (Å²) in [6.45, 7) is 3.45. The topological polar surface area (TPSA) is 53.3 Å². The minimum Gasteiger partial charge on any atom is -0.462 e. The number of halogens is 1. The van der Waals surface area contributed by atoms with Crippen molar-refractivity contribution in [2.45, 2.75) is 24.4 Å². The summed E-state index contributed by atoms with van der Waals surface area (Å²) in [5.74, 6) is 0.490. The van der Waals surface area contributed by atoms with Crippen LogP contribution in [0.3, 0.4) is 0 Å². The summed E-state index contributed by atoms with van der Waals surface area (Å²) >= 11 is 5.13. The first-order valence-corrected chi connectivity index (χ1v) is 10.4. The summed E-state index contributed by atoms with van der Waals surface area (Å²) in [4.78, 5) is 16.8. The number of imidazole rings is 1. The van der Waals surface area contributed by atoms with E-state index < -0.39 is 0 Å². The van der Waals surface area contributed by atoms with Crippen LogP contribution in [0.2, 0.25) is 0 Å². The molecule has 7 heteroatoms. The van der Waals surface area contributed by atoms with E-state index in [4.69, 9.17) is 14.5 Å². The van der Waals surface area contributed by atoms with Crippen molar-refractivity contribution in [2.75, 3.05) is 20.3 Å². The maximum atomic E-state index is 12.0. The number of ether oxygens (including phenoxy) is 2. The lowest BCUT2D eigenvalue weighted by atomic mass is 10.2. The molecule has 142 valence electrons. The average Bonchev–Trinajstić information content (AvgIpc) is 3.02. The van der Waals surface area contributed by atoms with Gasteiger partial charge in [-0.05, 0) is 42.8 Å². The summed E-state index contributed by atoms with van der Waals surface area (Å²) in [6, 6.07) is 13.8. The van der Waals surface area contributed by atoms with Crippen LogP contribution in [0.4, 0.5) is 0 Å². The monoisotopic (exact) mass is 448 g/mol. The standard InChI is InChI=1S/C20H21BrN2O3S/c1-3-26-19(24)15-6-9-18-17(12-15)22-20(23(18)10-11-25-2)27-13-14-4-7-16(21)8-5-14/h4-9,12H,3,10-11,13H2,1-2H3. The highest BCUT2D eigenvalue weighted by atomic mass is 79.9. The summed E-state index contributed by atoms with van der Waals surface area (Å²) in [7, 11) is 1.69. The lowest BCUT2D eigenvalue weighted by Crippen LogP contribution is -2.06. The fourth-order valence-electron chi connectivity index (χ4n) is 2.69. The molecule has 3 aromatic rings. The predicted molar refractivity (Wildman–Crippen MR) is 111 cm³/mol. The van der Waals surface area contributed by atoms with E-state index in [0.717, 1.165) is 26.4 Å². The van der Waals surface area contributed by atoms with Gasteiger partial charge in [0.05, 0.1) is 29.8 Å². The summed E-state index contributed by atoms with van der Waals surface area (Å²) in [5.41, 5.74) is 3.51. The summed E-state index contributed by atoms with van der Waals surface area (Å²) < 4.78 is 13.5. The molecule has 1 aromatic heterocycles. The number of methoxy groups -OCH3 is 1. The molecule has 0 amide bonds. The number of carbonyl (C=O) groups is 1. The van der Waals surface area contributed by atoms with Crippen LogP contribution in [-0.2, 0) is 21.8 Å². The molecule has 3 rings (SSSR count). The molecule has 27 heavy (non-hydrogen) atoms. The molecule has 0 aliphatic rings. The number of nitrogens with zero attached hydrogens (tertiary/aromatic N) is 2. The molecule has 0 aliphatic heterocycles. The van der Waals surface area contributed by atoms with Gasteiger partial charge < -0.3 is 14.0 Å². The predicted octanol–water partition coefficient (Wildman–Crippen LogP) is 4.91. The van der Waals surface area contributed by atoms with Crippen molar-refractivity contribution < 1.29 is 14.3 Å². The molecule has 0 radical (unpaired) electrons. The molecule has 0 atom stereocenters. The Morgan fingerprint density at radius 1 is 1.22 bits per heavy atom. The fraction of sp³-hybridized carbons (Fsp3) is 0.300. The third kappa shape index (κ3) is 4.91. The van der Waals surface area contributed by atoms with Gasteiger partial charge in [-0.25, -0.2) is 9.78 Å². The van der Waals surface area contributed by atoms with Crippen molar-refractivity contribution in [1.82, 2.24) is 9.55 Å². The van der Waals surface area contributed by atoms with Gasteiger partial charge in [-0.3, -0.25) is 0 Å². The lowest BCUT2D eigenvalue weighted by molar-refractivity contribution is 0.0526. The lowest BCUT2D eigenvalue weighted by Gasteiger charge is -2.08. The second kappa shape index (κ2) is 9.39. The zero-order chi connectivity index (χ0) is 19.2. The number of hydrogen-bond donors (Lipinski definition) is 0. The number of benzene rings is 2. The van der Waals surface area contributed by atoms with Gasteiger partial charge in [0, 0.05) is 23.9 Å². The Labute approximate surface area is 171 Å². The average molecular weight is 449 g/mol. The van der Waals surface area contributed by atoms with Crippen molar-refractivity contribution in [3.8, 4) is 0 Å². The molecular weight excluding hydrogens is 428 g/mol. The quantitative estimate of drug-likeness (QED) is 0.361. The Kier molecular flexibility index (Phi) is 6.93.